The van der Waals surface area contributed by atoms with E-state index in [1.54, 1.807) is 0 Å². The number of hydrogen-bond donors (Lipinski definition) is 0. The van der Waals surface area contributed by atoms with E-state index in [0.717, 1.165) is 44.9 Å². The van der Waals surface area contributed by atoms with Gasteiger partial charge in [-0.15, -0.1) is 0 Å². The highest BCUT2D eigenvalue weighted by molar-refractivity contribution is 5.70. The molecule has 9 nitrogen and oxygen atoms in total. The van der Waals surface area contributed by atoms with Crippen LogP contribution in [0, 0.1) is 0 Å². The van der Waals surface area contributed by atoms with Gasteiger partial charge >= 0.3 is 11.9 Å². The first-order chi connectivity index (χ1) is 32.6. The minimum atomic E-state index is -1.62. The second-order valence-corrected chi connectivity index (χ2v) is 20.6. The van der Waals surface area contributed by atoms with Gasteiger partial charge < -0.3 is 33.3 Å². The third kappa shape index (κ3) is 51.4. The highest BCUT2D eigenvalue weighted by Gasteiger charge is 2.22. The average Bonchev–Trinajstić information content (AvgIpc) is 3.29. The molecule has 0 amide bonds. The molecule has 0 radical (unpaired) electrons. The van der Waals surface area contributed by atoms with Crippen LogP contribution in [-0.2, 0) is 33.3 Å². The molecule has 0 aromatic carbocycles. The van der Waals surface area contributed by atoms with Crippen LogP contribution in [0.2, 0.25) is 0 Å². The molecule has 0 saturated carbocycles. The molecule has 0 rings (SSSR count). The molecule has 0 heterocycles. The Morgan fingerprint density at radius 2 is 0.806 bits per heavy atom. The number of unbranched alkanes of at least 4 members (excludes halogenated alkanes) is 34. The van der Waals surface area contributed by atoms with E-state index >= 15 is 0 Å². The average molecular weight is 949 g/mol. The van der Waals surface area contributed by atoms with Gasteiger partial charge in [0.25, 0.3) is 0 Å². The number of quaternary nitrogens is 1. The first-order valence-corrected chi connectivity index (χ1v) is 28.5. The quantitative estimate of drug-likeness (QED) is 0.0195. The summed E-state index contributed by atoms with van der Waals surface area (Å²) in [6.45, 7) is 4.77. The van der Waals surface area contributed by atoms with Crippen molar-refractivity contribution in [3.63, 3.8) is 0 Å². The van der Waals surface area contributed by atoms with Gasteiger partial charge in [0, 0.05) is 12.8 Å². The zero-order valence-corrected chi connectivity index (χ0v) is 44.8. The standard InChI is InChI=1S/C58H109NO8/c1-6-8-10-12-14-16-18-20-21-22-23-24-25-26-27-28-29-30-31-32-33-34-35-37-39-41-43-45-47-49-56(61)67-54(53-66-58(57(62)63)64-51-50-59(3,4)5)52-65-55(60)48-46-44-42-40-38-36-19-17-15-13-11-9-7-2/h18,20,22-23,54,58H,6-17,19,21,24-53H2,1-5H3/b20-18-,23-22-. The molecule has 0 fully saturated rings. The van der Waals surface area contributed by atoms with Crippen molar-refractivity contribution < 1.29 is 42.9 Å². The Hall–Kier alpha value is -2.23. The van der Waals surface area contributed by atoms with E-state index in [2.05, 4.69) is 38.2 Å². The van der Waals surface area contributed by atoms with Gasteiger partial charge in [0.1, 0.15) is 13.2 Å². The SMILES string of the molecule is CCCCCCC/C=C\C/C=C\CCCCCCCCCCCCCCCCCCCC(=O)OC(COC(=O)CCCCCCCCCCCCCCC)COC(OCC[N+](C)(C)C)C(=O)[O-]. The number of carboxylic acid groups (broad SMARTS) is 1. The molecule has 0 spiro atoms. The number of ether oxygens (including phenoxy) is 4. The van der Waals surface area contributed by atoms with Gasteiger partial charge in [0.15, 0.2) is 12.4 Å². The van der Waals surface area contributed by atoms with Crippen LogP contribution in [0.1, 0.15) is 271 Å². The zero-order valence-electron chi connectivity index (χ0n) is 44.8. The summed E-state index contributed by atoms with van der Waals surface area (Å²) in [7, 11) is 5.93. The lowest BCUT2D eigenvalue weighted by Gasteiger charge is -2.26. The third-order valence-corrected chi connectivity index (χ3v) is 12.7. The molecule has 0 aromatic heterocycles. The van der Waals surface area contributed by atoms with Gasteiger partial charge in [-0.1, -0.05) is 237 Å². The molecule has 0 saturated heterocycles. The van der Waals surface area contributed by atoms with E-state index in [1.165, 1.54) is 199 Å². The third-order valence-electron chi connectivity index (χ3n) is 12.7. The van der Waals surface area contributed by atoms with Gasteiger partial charge in [-0.2, -0.15) is 0 Å². The molecule has 0 aliphatic carbocycles. The van der Waals surface area contributed by atoms with Crippen molar-refractivity contribution in [2.24, 2.45) is 0 Å². The highest BCUT2D eigenvalue weighted by Crippen LogP contribution is 2.17. The minimum Gasteiger partial charge on any atom is -0.545 e. The summed E-state index contributed by atoms with van der Waals surface area (Å²) in [5.41, 5.74) is 0. The van der Waals surface area contributed by atoms with Gasteiger partial charge in [-0.3, -0.25) is 9.59 Å². The summed E-state index contributed by atoms with van der Waals surface area (Å²) < 4.78 is 22.7. The van der Waals surface area contributed by atoms with Crippen LogP contribution in [0.15, 0.2) is 24.3 Å². The molecule has 2 atom stereocenters. The lowest BCUT2D eigenvalue weighted by molar-refractivity contribution is -0.870. The summed E-state index contributed by atoms with van der Waals surface area (Å²) in [5, 5.41) is 11.7. The molecule has 0 bridgehead atoms. The van der Waals surface area contributed by atoms with Crippen LogP contribution in [0.4, 0.5) is 0 Å². The largest absolute Gasteiger partial charge is 0.545 e. The molecule has 394 valence electrons. The maximum atomic E-state index is 12.8. The molecular weight excluding hydrogens is 839 g/mol. The second-order valence-electron chi connectivity index (χ2n) is 20.6. The number of rotatable bonds is 53. The number of carbonyl (C=O) groups is 3. The number of carbonyl (C=O) groups excluding carboxylic acids is 3. The van der Waals surface area contributed by atoms with Gasteiger partial charge in [0.05, 0.1) is 40.3 Å². The van der Waals surface area contributed by atoms with Crippen LogP contribution in [0.5, 0.6) is 0 Å². The molecule has 0 aromatic rings. The topological polar surface area (TPSA) is 111 Å². The second kappa shape index (κ2) is 50.2. The fourth-order valence-corrected chi connectivity index (χ4v) is 8.27. The van der Waals surface area contributed by atoms with Crippen molar-refractivity contribution in [1.29, 1.82) is 0 Å². The van der Waals surface area contributed by atoms with Crippen molar-refractivity contribution >= 4 is 17.9 Å². The number of hydrogen-bond acceptors (Lipinski definition) is 8. The van der Waals surface area contributed by atoms with Crippen LogP contribution >= 0.6 is 0 Å². The number of nitrogens with zero attached hydrogens (tertiary/aromatic N) is 1. The number of carboxylic acids is 1. The van der Waals surface area contributed by atoms with Crippen LogP contribution < -0.4 is 5.11 Å². The number of likely N-dealkylation sites (N-methyl/N-ethyl adjacent to an activating group) is 1. The minimum absolute atomic E-state index is 0.151. The summed E-state index contributed by atoms with van der Waals surface area (Å²) in [6.07, 6.45) is 55.2. The van der Waals surface area contributed by atoms with Crippen molar-refractivity contribution in [1.82, 2.24) is 0 Å². The Labute approximate surface area is 414 Å². The van der Waals surface area contributed by atoms with Crippen molar-refractivity contribution in [3.8, 4) is 0 Å². The first kappa shape index (κ1) is 64.8. The molecule has 67 heavy (non-hydrogen) atoms. The zero-order chi connectivity index (χ0) is 49.2. The summed E-state index contributed by atoms with van der Waals surface area (Å²) in [5.74, 6) is -2.26. The lowest BCUT2D eigenvalue weighted by atomic mass is 10.0. The van der Waals surface area contributed by atoms with E-state index in [1.807, 2.05) is 21.1 Å². The maximum Gasteiger partial charge on any atom is 0.306 e. The van der Waals surface area contributed by atoms with Gasteiger partial charge in [-0.05, 0) is 44.9 Å². The summed E-state index contributed by atoms with van der Waals surface area (Å²) in [4.78, 5) is 37.2. The molecule has 9 heteroatoms. The van der Waals surface area contributed by atoms with Gasteiger partial charge in [-0.25, -0.2) is 0 Å². The number of allylic oxidation sites excluding steroid dienone is 4. The predicted molar refractivity (Wildman–Crippen MR) is 279 cm³/mol. The lowest BCUT2D eigenvalue weighted by Crippen LogP contribution is -2.44. The van der Waals surface area contributed by atoms with E-state index in [-0.39, 0.29) is 32.2 Å². The van der Waals surface area contributed by atoms with Crippen molar-refractivity contribution in [3.05, 3.63) is 24.3 Å². The fourth-order valence-electron chi connectivity index (χ4n) is 8.27. The van der Waals surface area contributed by atoms with Crippen molar-refractivity contribution in [2.45, 2.75) is 283 Å². The Kier molecular flexibility index (Phi) is 48.5. The first-order valence-electron chi connectivity index (χ1n) is 28.5. The van der Waals surface area contributed by atoms with E-state index < -0.39 is 24.3 Å². The van der Waals surface area contributed by atoms with Crippen molar-refractivity contribution in [2.75, 3.05) is 47.5 Å². The summed E-state index contributed by atoms with van der Waals surface area (Å²) in [6, 6.07) is 0. The monoisotopic (exact) mass is 948 g/mol. The Morgan fingerprint density at radius 1 is 0.448 bits per heavy atom. The molecule has 0 N–H and O–H groups in total. The van der Waals surface area contributed by atoms with Crippen LogP contribution in [-0.4, -0.2) is 82.3 Å². The Balaban J connectivity index is 4.12. The van der Waals surface area contributed by atoms with E-state index in [4.69, 9.17) is 18.9 Å². The van der Waals surface area contributed by atoms with Crippen LogP contribution in [0.3, 0.4) is 0 Å². The highest BCUT2D eigenvalue weighted by atomic mass is 16.7. The van der Waals surface area contributed by atoms with E-state index in [0.29, 0.717) is 17.4 Å². The molecular formula is C58H109NO8. The fraction of sp³-hybridized carbons (Fsp3) is 0.879. The van der Waals surface area contributed by atoms with Crippen LogP contribution in [0.25, 0.3) is 0 Å². The smallest absolute Gasteiger partial charge is 0.306 e. The Bertz CT molecular complexity index is 1150. The molecule has 2 unspecified atom stereocenters. The summed E-state index contributed by atoms with van der Waals surface area (Å²) >= 11 is 0. The maximum absolute atomic E-state index is 12.8. The predicted octanol–water partition coefficient (Wildman–Crippen LogP) is 15.0. The molecule has 0 aliphatic heterocycles. The number of esters is 2. The van der Waals surface area contributed by atoms with E-state index in [9.17, 15) is 19.5 Å². The van der Waals surface area contributed by atoms with Gasteiger partial charge in [0.2, 0.25) is 0 Å². The molecule has 0 aliphatic rings. The normalized spacial score (nSPS) is 12.9. The Morgan fingerprint density at radius 3 is 1.18 bits per heavy atom. The number of aliphatic carboxylic acids is 1.